The van der Waals surface area contributed by atoms with Crippen molar-refractivity contribution >= 4 is 39.3 Å². The molecule has 2 N–H and O–H groups in total. The van der Waals surface area contributed by atoms with E-state index < -0.39 is 0 Å². The lowest BCUT2D eigenvalue weighted by Gasteiger charge is -2.09. The first kappa shape index (κ1) is 14.9. The molecular weight excluding hydrogens is 338 g/mol. The summed E-state index contributed by atoms with van der Waals surface area (Å²) in [6.45, 7) is 2.13. The molecule has 0 saturated carbocycles. The highest BCUT2D eigenvalue weighted by Crippen LogP contribution is 2.32. The Hall–Kier alpha value is -1.46. The maximum absolute atomic E-state index is 12.0. The number of carbonyl (C=O) groups excluding carboxylic acids is 1. The van der Waals surface area contributed by atoms with Crippen molar-refractivity contribution in [1.82, 2.24) is 0 Å². The number of benzene rings is 2. The maximum atomic E-state index is 12.0. The molecule has 0 aliphatic heterocycles. The second-order valence-electron chi connectivity index (χ2n) is 4.03. The summed E-state index contributed by atoms with van der Waals surface area (Å²) < 4.78 is 6.08. The molecule has 0 radical (unpaired) electrons. The van der Waals surface area contributed by atoms with Crippen LogP contribution in [-0.4, -0.2) is 12.6 Å². The summed E-state index contributed by atoms with van der Waals surface area (Å²) in [6, 6.07) is 13.2. The standard InChI is InChI=1S/C15H14BrNO2S/c1-2-19-15(18)13-9-11(17)5-8-14(13)20-12-6-3-10(16)4-7-12/h3-9H,2,17H2,1H3. The van der Waals surface area contributed by atoms with E-state index in [1.807, 2.05) is 30.3 Å². The Kier molecular flexibility index (Phi) is 5.09. The molecule has 2 rings (SSSR count). The molecule has 0 unspecified atom stereocenters. The number of esters is 1. The van der Waals surface area contributed by atoms with E-state index in [0.717, 1.165) is 14.3 Å². The average molecular weight is 352 g/mol. The smallest absolute Gasteiger partial charge is 0.339 e. The summed E-state index contributed by atoms with van der Waals surface area (Å²) in [5.41, 5.74) is 6.80. The number of hydrogen-bond acceptors (Lipinski definition) is 4. The minimum absolute atomic E-state index is 0.343. The zero-order valence-corrected chi connectivity index (χ0v) is 13.3. The topological polar surface area (TPSA) is 52.3 Å². The van der Waals surface area contributed by atoms with Crippen LogP contribution in [0.1, 0.15) is 17.3 Å². The van der Waals surface area contributed by atoms with E-state index in [4.69, 9.17) is 10.5 Å². The van der Waals surface area contributed by atoms with Gasteiger partial charge in [0, 0.05) is 20.0 Å². The summed E-state index contributed by atoms with van der Waals surface area (Å²) >= 11 is 4.91. The van der Waals surface area contributed by atoms with Gasteiger partial charge in [-0.05, 0) is 49.4 Å². The van der Waals surface area contributed by atoms with Gasteiger partial charge in [0.25, 0.3) is 0 Å². The van der Waals surface area contributed by atoms with Crippen molar-refractivity contribution in [2.75, 3.05) is 12.3 Å². The first-order valence-corrected chi connectivity index (χ1v) is 7.71. The molecule has 0 aromatic heterocycles. The summed E-state index contributed by atoms with van der Waals surface area (Å²) in [5, 5.41) is 0. The molecule has 0 fully saturated rings. The number of nitrogens with two attached hydrogens (primary N) is 1. The molecule has 104 valence electrons. The van der Waals surface area contributed by atoms with E-state index in [-0.39, 0.29) is 5.97 Å². The highest BCUT2D eigenvalue weighted by molar-refractivity contribution is 9.10. The van der Waals surface area contributed by atoms with Gasteiger partial charge in [-0.15, -0.1) is 0 Å². The second kappa shape index (κ2) is 6.81. The van der Waals surface area contributed by atoms with Crippen molar-refractivity contribution in [3.8, 4) is 0 Å². The number of hydrogen-bond donors (Lipinski definition) is 1. The predicted molar refractivity (Wildman–Crippen MR) is 85.1 cm³/mol. The quantitative estimate of drug-likeness (QED) is 0.656. The minimum Gasteiger partial charge on any atom is -0.462 e. The third kappa shape index (κ3) is 3.77. The van der Waals surface area contributed by atoms with E-state index in [1.165, 1.54) is 11.8 Å². The van der Waals surface area contributed by atoms with Crippen LogP contribution in [-0.2, 0) is 4.74 Å². The number of rotatable bonds is 4. The zero-order chi connectivity index (χ0) is 14.5. The highest BCUT2D eigenvalue weighted by Gasteiger charge is 2.14. The van der Waals surface area contributed by atoms with Crippen LogP contribution in [0.5, 0.6) is 0 Å². The molecular formula is C15H14BrNO2S. The molecule has 5 heteroatoms. The lowest BCUT2D eigenvalue weighted by atomic mass is 10.2. The van der Waals surface area contributed by atoms with Crippen molar-refractivity contribution in [3.05, 3.63) is 52.5 Å². The Morgan fingerprint density at radius 2 is 1.95 bits per heavy atom. The van der Waals surface area contributed by atoms with Crippen molar-refractivity contribution in [1.29, 1.82) is 0 Å². The van der Waals surface area contributed by atoms with E-state index >= 15 is 0 Å². The summed E-state index contributed by atoms with van der Waals surface area (Å²) in [5.74, 6) is -0.348. The number of ether oxygens (including phenoxy) is 1. The van der Waals surface area contributed by atoms with E-state index in [1.54, 1.807) is 19.1 Å². The van der Waals surface area contributed by atoms with Gasteiger partial charge in [0.15, 0.2) is 0 Å². The van der Waals surface area contributed by atoms with Gasteiger partial charge in [-0.2, -0.15) is 0 Å². The fourth-order valence-electron chi connectivity index (χ4n) is 1.63. The molecule has 0 spiro atoms. The summed E-state index contributed by atoms with van der Waals surface area (Å²) in [4.78, 5) is 13.8. The van der Waals surface area contributed by atoms with Crippen LogP contribution < -0.4 is 5.73 Å². The molecule has 0 bridgehead atoms. The third-order valence-electron chi connectivity index (χ3n) is 2.54. The van der Waals surface area contributed by atoms with Crippen LogP contribution in [0.25, 0.3) is 0 Å². The molecule has 0 aliphatic carbocycles. The molecule has 0 atom stereocenters. The van der Waals surface area contributed by atoms with Crippen LogP contribution in [0.3, 0.4) is 0 Å². The van der Waals surface area contributed by atoms with Gasteiger partial charge < -0.3 is 10.5 Å². The first-order valence-electron chi connectivity index (χ1n) is 6.10. The molecule has 0 amide bonds. The molecule has 2 aromatic rings. The Bertz CT molecular complexity index is 614. The summed E-state index contributed by atoms with van der Waals surface area (Å²) in [7, 11) is 0. The molecule has 20 heavy (non-hydrogen) atoms. The van der Waals surface area contributed by atoms with Crippen molar-refractivity contribution in [2.24, 2.45) is 0 Å². The Morgan fingerprint density at radius 1 is 1.25 bits per heavy atom. The van der Waals surface area contributed by atoms with Crippen LogP contribution in [0.2, 0.25) is 0 Å². The SMILES string of the molecule is CCOC(=O)c1cc(N)ccc1Sc1ccc(Br)cc1. The Balaban J connectivity index is 2.31. The van der Waals surface area contributed by atoms with E-state index in [0.29, 0.717) is 17.9 Å². The van der Waals surface area contributed by atoms with Gasteiger partial charge in [-0.3, -0.25) is 0 Å². The fourth-order valence-corrected chi connectivity index (χ4v) is 2.81. The van der Waals surface area contributed by atoms with E-state index in [2.05, 4.69) is 15.9 Å². The van der Waals surface area contributed by atoms with E-state index in [9.17, 15) is 4.79 Å². The van der Waals surface area contributed by atoms with Gasteiger partial charge in [0.2, 0.25) is 0 Å². The third-order valence-corrected chi connectivity index (χ3v) is 4.15. The monoisotopic (exact) mass is 351 g/mol. The van der Waals surface area contributed by atoms with Crippen molar-refractivity contribution in [2.45, 2.75) is 16.7 Å². The normalized spacial score (nSPS) is 10.3. The molecule has 3 nitrogen and oxygen atoms in total. The predicted octanol–water partition coefficient (Wildman–Crippen LogP) is 4.36. The average Bonchev–Trinajstić information content (AvgIpc) is 2.43. The molecule has 0 saturated heterocycles. The van der Waals surface area contributed by atoms with Crippen molar-refractivity contribution in [3.63, 3.8) is 0 Å². The molecule has 0 heterocycles. The molecule has 0 aliphatic rings. The largest absolute Gasteiger partial charge is 0.462 e. The van der Waals surface area contributed by atoms with Crippen LogP contribution in [0.15, 0.2) is 56.7 Å². The lowest BCUT2D eigenvalue weighted by molar-refractivity contribution is 0.0522. The summed E-state index contributed by atoms with van der Waals surface area (Å²) in [6.07, 6.45) is 0. The zero-order valence-electron chi connectivity index (χ0n) is 10.9. The van der Waals surface area contributed by atoms with Crippen LogP contribution in [0.4, 0.5) is 5.69 Å². The number of carbonyl (C=O) groups is 1. The molecule has 2 aromatic carbocycles. The lowest BCUT2D eigenvalue weighted by Crippen LogP contribution is -2.06. The van der Waals surface area contributed by atoms with Crippen LogP contribution >= 0.6 is 27.7 Å². The Morgan fingerprint density at radius 3 is 2.60 bits per heavy atom. The van der Waals surface area contributed by atoms with Gasteiger partial charge >= 0.3 is 5.97 Å². The van der Waals surface area contributed by atoms with Gasteiger partial charge in [-0.25, -0.2) is 4.79 Å². The first-order chi connectivity index (χ1) is 9.60. The Labute approximate surface area is 130 Å². The highest BCUT2D eigenvalue weighted by atomic mass is 79.9. The van der Waals surface area contributed by atoms with Gasteiger partial charge in [-0.1, -0.05) is 27.7 Å². The van der Waals surface area contributed by atoms with Gasteiger partial charge in [0.1, 0.15) is 0 Å². The minimum atomic E-state index is -0.348. The van der Waals surface area contributed by atoms with Crippen LogP contribution in [0, 0.1) is 0 Å². The maximum Gasteiger partial charge on any atom is 0.339 e. The number of anilines is 1. The van der Waals surface area contributed by atoms with Gasteiger partial charge in [0.05, 0.1) is 12.2 Å². The number of halogens is 1. The fraction of sp³-hybridized carbons (Fsp3) is 0.133. The number of nitrogen functional groups attached to an aromatic ring is 1. The van der Waals surface area contributed by atoms with Crippen molar-refractivity contribution < 1.29 is 9.53 Å². The second-order valence-corrected chi connectivity index (χ2v) is 6.06.